The number of benzene rings is 2. The summed E-state index contributed by atoms with van der Waals surface area (Å²) >= 11 is 0. The van der Waals surface area contributed by atoms with Crippen LogP contribution in [0.5, 0.6) is 0 Å². The van der Waals surface area contributed by atoms with E-state index < -0.39 is 9.84 Å². The maximum absolute atomic E-state index is 11.7. The van der Waals surface area contributed by atoms with Crippen LogP contribution in [0.2, 0.25) is 0 Å². The molecule has 2 aromatic carbocycles. The fourth-order valence-corrected chi connectivity index (χ4v) is 5.11. The van der Waals surface area contributed by atoms with Gasteiger partial charge in [0.25, 0.3) is 0 Å². The highest BCUT2D eigenvalue weighted by Crippen LogP contribution is 2.23. The zero-order chi connectivity index (χ0) is 23.7. The monoisotopic (exact) mass is 475 g/mol. The van der Waals surface area contributed by atoms with Gasteiger partial charge in [-0.15, -0.1) is 0 Å². The molecule has 0 radical (unpaired) electrons. The van der Waals surface area contributed by atoms with Crippen LogP contribution in [0, 0.1) is 0 Å². The van der Waals surface area contributed by atoms with E-state index in [-0.39, 0.29) is 11.5 Å². The van der Waals surface area contributed by atoms with Crippen LogP contribution >= 0.6 is 0 Å². The molecular weight excluding hydrogens is 450 g/mol. The van der Waals surface area contributed by atoms with Crippen LogP contribution in [0.15, 0.2) is 72.6 Å². The Morgan fingerprint density at radius 2 is 1.91 bits per heavy atom. The second kappa shape index (κ2) is 8.79. The number of hydrogen-bond acceptors (Lipinski definition) is 6. The van der Waals surface area contributed by atoms with E-state index in [0.29, 0.717) is 30.4 Å². The van der Waals surface area contributed by atoms with Crippen molar-refractivity contribution in [1.82, 2.24) is 19.7 Å². The van der Waals surface area contributed by atoms with Crippen LogP contribution in [-0.2, 0) is 16.9 Å². The fraction of sp³-hybridized carbons (Fsp3) is 0.208. The zero-order valence-electron chi connectivity index (χ0n) is 18.8. The van der Waals surface area contributed by atoms with Crippen LogP contribution < -0.4 is 10.2 Å². The molecule has 0 unspecified atom stereocenters. The summed E-state index contributed by atoms with van der Waals surface area (Å²) in [6, 6.07) is 13.8. The molecule has 0 spiro atoms. The van der Waals surface area contributed by atoms with E-state index in [1.807, 2.05) is 60.3 Å². The first-order valence-electron chi connectivity index (χ1n) is 10.9. The van der Waals surface area contributed by atoms with E-state index in [0.717, 1.165) is 27.8 Å². The maximum atomic E-state index is 11.7. The molecule has 0 saturated carbocycles. The van der Waals surface area contributed by atoms with E-state index in [4.69, 9.17) is 4.99 Å². The highest BCUT2D eigenvalue weighted by atomic mass is 32.2. The summed E-state index contributed by atoms with van der Waals surface area (Å²) in [5, 5.41) is 11.4. The van der Waals surface area contributed by atoms with E-state index in [9.17, 15) is 8.42 Å². The molecule has 174 valence electrons. The van der Waals surface area contributed by atoms with Crippen molar-refractivity contribution < 1.29 is 8.42 Å². The molecular formula is C24H25N7O2S. The number of H-pyrrole nitrogens is 1. The average molecular weight is 476 g/mol. The molecule has 5 rings (SSSR count). The van der Waals surface area contributed by atoms with Crippen molar-refractivity contribution in [2.24, 2.45) is 12.0 Å². The minimum atomic E-state index is -2.91. The Hall–Kier alpha value is -3.92. The minimum Gasteiger partial charge on any atom is -0.369 e. The highest BCUT2D eigenvalue weighted by molar-refractivity contribution is 7.91. The van der Waals surface area contributed by atoms with Crippen molar-refractivity contribution in [3.05, 3.63) is 79.0 Å². The van der Waals surface area contributed by atoms with Gasteiger partial charge >= 0.3 is 0 Å². The number of aliphatic imine (C=N–C) groups is 1. The van der Waals surface area contributed by atoms with Crippen LogP contribution in [0.4, 0.5) is 11.4 Å². The lowest BCUT2D eigenvalue weighted by Gasteiger charge is -2.28. The molecule has 2 N–H and O–H groups in total. The third-order valence-electron chi connectivity index (χ3n) is 5.89. The second-order valence-corrected chi connectivity index (χ2v) is 10.6. The molecule has 1 aliphatic rings. The van der Waals surface area contributed by atoms with Gasteiger partial charge in [0.1, 0.15) is 0 Å². The van der Waals surface area contributed by atoms with Crippen molar-refractivity contribution >= 4 is 43.6 Å². The van der Waals surface area contributed by atoms with Crippen molar-refractivity contribution in [1.29, 1.82) is 0 Å². The van der Waals surface area contributed by atoms with Crippen LogP contribution in [0.1, 0.15) is 11.4 Å². The van der Waals surface area contributed by atoms with Crippen LogP contribution in [0.25, 0.3) is 16.6 Å². The minimum absolute atomic E-state index is 0.190. The summed E-state index contributed by atoms with van der Waals surface area (Å²) in [6.45, 7) is 5.19. The van der Waals surface area contributed by atoms with E-state index >= 15 is 0 Å². The van der Waals surface area contributed by atoms with Gasteiger partial charge in [-0.25, -0.2) is 18.4 Å². The third kappa shape index (κ3) is 4.58. The van der Waals surface area contributed by atoms with Gasteiger partial charge in [-0.3, -0.25) is 5.10 Å². The SMILES string of the molecule is C=C(N=C(Nc1ccc(N2CCS(=O)(=O)CC2)cc1)c1nccn1C)c1ccc2cn[nH]c2c1. The number of aromatic nitrogens is 4. The summed E-state index contributed by atoms with van der Waals surface area (Å²) < 4.78 is 25.3. The first kappa shape index (κ1) is 21.9. The average Bonchev–Trinajstić information content (AvgIpc) is 3.47. The number of anilines is 2. The number of sulfone groups is 1. The van der Waals surface area contributed by atoms with Gasteiger partial charge in [0, 0.05) is 54.9 Å². The van der Waals surface area contributed by atoms with Crippen LogP contribution in [0.3, 0.4) is 0 Å². The van der Waals surface area contributed by atoms with Gasteiger partial charge in [-0.05, 0) is 30.3 Å². The second-order valence-electron chi connectivity index (χ2n) is 8.25. The molecule has 0 atom stereocenters. The molecule has 2 aromatic heterocycles. The van der Waals surface area contributed by atoms with Gasteiger partial charge < -0.3 is 14.8 Å². The summed E-state index contributed by atoms with van der Waals surface area (Å²) in [5.41, 5.74) is 4.22. The molecule has 1 fully saturated rings. The van der Waals surface area contributed by atoms with Gasteiger partial charge in [0.05, 0.1) is 28.9 Å². The molecule has 9 nitrogen and oxygen atoms in total. The number of imidazole rings is 1. The topological polar surface area (TPSA) is 108 Å². The molecule has 10 heteroatoms. The Morgan fingerprint density at radius 3 is 2.62 bits per heavy atom. The number of nitrogens with one attached hydrogen (secondary N) is 2. The lowest BCUT2D eigenvalue weighted by Crippen LogP contribution is -2.40. The van der Waals surface area contributed by atoms with Gasteiger partial charge in [-0.2, -0.15) is 5.10 Å². The predicted octanol–water partition coefficient (Wildman–Crippen LogP) is 3.06. The third-order valence-corrected chi connectivity index (χ3v) is 7.50. The number of amidine groups is 1. The van der Waals surface area contributed by atoms with Gasteiger partial charge in [-0.1, -0.05) is 18.7 Å². The molecule has 0 amide bonds. The Kier molecular flexibility index (Phi) is 5.66. The predicted molar refractivity (Wildman–Crippen MR) is 136 cm³/mol. The smallest absolute Gasteiger partial charge is 0.175 e. The number of aryl methyl sites for hydroxylation is 1. The molecule has 0 aliphatic carbocycles. The molecule has 1 aliphatic heterocycles. The van der Waals surface area contributed by atoms with Crippen LogP contribution in [-0.4, -0.2) is 58.6 Å². The van der Waals surface area contributed by atoms with E-state index in [1.54, 1.807) is 12.4 Å². The Balaban J connectivity index is 1.39. The molecule has 3 heterocycles. The number of fused-ring (bicyclic) bond motifs is 1. The molecule has 34 heavy (non-hydrogen) atoms. The first-order chi connectivity index (χ1) is 16.4. The summed E-state index contributed by atoms with van der Waals surface area (Å²) in [4.78, 5) is 11.3. The summed E-state index contributed by atoms with van der Waals surface area (Å²) in [6.07, 6.45) is 5.36. The lowest BCUT2D eigenvalue weighted by molar-refractivity contribution is 0.587. The number of hydrogen-bond donors (Lipinski definition) is 2. The van der Waals surface area contributed by atoms with E-state index in [2.05, 4.69) is 32.0 Å². The van der Waals surface area contributed by atoms with E-state index in [1.165, 1.54) is 0 Å². The molecule has 4 aromatic rings. The molecule has 1 saturated heterocycles. The number of rotatable bonds is 5. The normalized spacial score (nSPS) is 16.0. The number of nitrogens with zero attached hydrogens (tertiary/aromatic N) is 5. The van der Waals surface area contributed by atoms with Gasteiger partial charge in [0.2, 0.25) is 0 Å². The summed E-state index contributed by atoms with van der Waals surface area (Å²) in [5.74, 6) is 1.62. The van der Waals surface area contributed by atoms with Gasteiger partial charge in [0.15, 0.2) is 21.5 Å². The lowest BCUT2D eigenvalue weighted by atomic mass is 10.1. The van der Waals surface area contributed by atoms with Crippen molar-refractivity contribution in [2.75, 3.05) is 34.8 Å². The highest BCUT2D eigenvalue weighted by Gasteiger charge is 2.21. The standard InChI is InChI=1S/C24H25N7O2S/c1-17(18-3-4-19-16-26-29-22(19)15-18)27-23(24-25-9-10-30(24)2)28-20-5-7-21(8-6-20)31-11-13-34(32,33)14-12-31/h3-10,15-16H,1,11-14H2,2H3,(H,26,29)(H,27,28). The fourth-order valence-electron chi connectivity index (χ4n) is 3.91. The quantitative estimate of drug-likeness (QED) is 0.339. The van der Waals surface area contributed by atoms with Crippen molar-refractivity contribution in [3.63, 3.8) is 0 Å². The summed E-state index contributed by atoms with van der Waals surface area (Å²) in [7, 11) is -1.00. The Morgan fingerprint density at radius 1 is 1.15 bits per heavy atom. The van der Waals surface area contributed by atoms with Crippen molar-refractivity contribution in [3.8, 4) is 0 Å². The largest absolute Gasteiger partial charge is 0.369 e. The number of aromatic amines is 1. The Bertz CT molecular complexity index is 1470. The molecule has 0 bridgehead atoms. The first-order valence-corrected chi connectivity index (χ1v) is 12.7. The maximum Gasteiger partial charge on any atom is 0.175 e. The Labute approximate surface area is 197 Å². The van der Waals surface area contributed by atoms with Crippen molar-refractivity contribution in [2.45, 2.75) is 0 Å². The zero-order valence-corrected chi connectivity index (χ0v) is 19.6.